The van der Waals surface area contributed by atoms with Crippen LogP contribution in [0.1, 0.15) is 51.4 Å². The molecular weight excluding hydrogens is 339 g/mol. The van der Waals surface area contributed by atoms with Crippen molar-refractivity contribution in [3.05, 3.63) is 18.7 Å². The second-order valence-electron chi connectivity index (χ2n) is 4.87. The maximum atomic E-state index is 8.64. The number of halogens is 1. The summed E-state index contributed by atoms with van der Waals surface area (Å²) in [6.07, 6.45) is 16.5. The van der Waals surface area contributed by atoms with E-state index in [9.17, 15) is 0 Å². The van der Waals surface area contributed by atoms with Crippen LogP contribution < -0.4 is 28.5 Å². The number of aliphatic hydroxyl groups is 1. The van der Waals surface area contributed by atoms with Crippen LogP contribution in [0.2, 0.25) is 0 Å². The van der Waals surface area contributed by atoms with Crippen molar-refractivity contribution >= 4 is 0 Å². The molecule has 106 valence electrons. The lowest BCUT2D eigenvalue weighted by molar-refractivity contribution is -0.671. The lowest BCUT2D eigenvalue weighted by Crippen LogP contribution is -3.00. The molecule has 3 nitrogen and oxygen atoms in total. The van der Waals surface area contributed by atoms with Gasteiger partial charge in [0.25, 0.3) is 0 Å². The van der Waals surface area contributed by atoms with Crippen LogP contribution in [-0.2, 0) is 13.6 Å². The average molecular weight is 366 g/mol. The average Bonchev–Trinajstić information content (AvgIpc) is 2.73. The first-order valence-corrected chi connectivity index (χ1v) is 6.95. The molecule has 0 spiro atoms. The summed E-state index contributed by atoms with van der Waals surface area (Å²) < 4.78 is 4.34. The smallest absolute Gasteiger partial charge is 0.243 e. The van der Waals surface area contributed by atoms with Gasteiger partial charge in [-0.05, 0) is 19.3 Å². The largest absolute Gasteiger partial charge is 1.00 e. The first-order valence-electron chi connectivity index (χ1n) is 6.95. The minimum absolute atomic E-state index is 0. The zero-order chi connectivity index (χ0) is 12.3. The Balaban J connectivity index is 0.00000289. The molecule has 0 fully saturated rings. The highest BCUT2D eigenvalue weighted by atomic mass is 127. The van der Waals surface area contributed by atoms with Crippen molar-refractivity contribution < 1.29 is 33.7 Å². The molecule has 0 amide bonds. The van der Waals surface area contributed by atoms with Gasteiger partial charge in [0.05, 0.1) is 13.6 Å². The Kier molecular flexibility index (Phi) is 11.9. The fourth-order valence-corrected chi connectivity index (χ4v) is 2.10. The predicted octanol–water partition coefficient (Wildman–Crippen LogP) is -0.570. The SMILES string of the molecule is C[n+]1ccn(CCCCCCCCCCO)c1.[I-]. The summed E-state index contributed by atoms with van der Waals surface area (Å²) in [5.74, 6) is 0. The summed E-state index contributed by atoms with van der Waals surface area (Å²) in [4.78, 5) is 0. The molecule has 4 heteroatoms. The fraction of sp³-hybridized carbons (Fsp3) is 0.786. The number of hydrogen-bond donors (Lipinski definition) is 1. The van der Waals surface area contributed by atoms with Crippen molar-refractivity contribution in [1.29, 1.82) is 0 Å². The van der Waals surface area contributed by atoms with Crippen LogP contribution in [0.5, 0.6) is 0 Å². The molecule has 0 atom stereocenters. The van der Waals surface area contributed by atoms with Crippen LogP contribution >= 0.6 is 0 Å². The summed E-state index contributed by atoms with van der Waals surface area (Å²) in [6.45, 7) is 1.50. The molecule has 1 aromatic heterocycles. The first-order chi connectivity index (χ1) is 8.33. The van der Waals surface area contributed by atoms with Gasteiger partial charge in [-0.2, -0.15) is 0 Å². The summed E-state index contributed by atoms with van der Waals surface area (Å²) >= 11 is 0. The maximum Gasteiger partial charge on any atom is 0.243 e. The molecule has 0 saturated heterocycles. The van der Waals surface area contributed by atoms with E-state index in [4.69, 9.17) is 5.11 Å². The van der Waals surface area contributed by atoms with Gasteiger partial charge in [0.15, 0.2) is 0 Å². The molecule has 0 aromatic carbocycles. The van der Waals surface area contributed by atoms with E-state index in [1.807, 2.05) is 0 Å². The Labute approximate surface area is 128 Å². The lowest BCUT2D eigenvalue weighted by atomic mass is 10.1. The lowest BCUT2D eigenvalue weighted by Gasteiger charge is -2.00. The minimum atomic E-state index is 0. The summed E-state index contributed by atoms with van der Waals surface area (Å²) in [6, 6.07) is 0. The van der Waals surface area contributed by atoms with E-state index >= 15 is 0 Å². The standard InChI is InChI=1S/C14H27N2O.HI/c1-15-11-12-16(14-15)10-8-6-4-2-3-5-7-9-13-17;/h11-12,14,17H,2-10,13H2,1H3;1H/q+1;/p-1. The van der Waals surface area contributed by atoms with Crippen molar-refractivity contribution in [1.82, 2.24) is 4.57 Å². The van der Waals surface area contributed by atoms with E-state index in [2.05, 4.69) is 34.9 Å². The van der Waals surface area contributed by atoms with Gasteiger partial charge in [0.2, 0.25) is 6.33 Å². The highest BCUT2D eigenvalue weighted by Crippen LogP contribution is 2.08. The highest BCUT2D eigenvalue weighted by molar-refractivity contribution is 4.65. The number of nitrogens with zero attached hydrogens (tertiary/aromatic N) is 2. The molecule has 1 rings (SSSR count). The monoisotopic (exact) mass is 366 g/mol. The second kappa shape index (κ2) is 12.0. The molecule has 0 unspecified atom stereocenters. The van der Waals surface area contributed by atoms with Gasteiger partial charge in [0, 0.05) is 6.61 Å². The van der Waals surface area contributed by atoms with Crippen LogP contribution in [-0.4, -0.2) is 16.3 Å². The van der Waals surface area contributed by atoms with Crippen LogP contribution in [0.4, 0.5) is 0 Å². The van der Waals surface area contributed by atoms with Gasteiger partial charge in [-0.1, -0.05) is 32.1 Å². The van der Waals surface area contributed by atoms with Gasteiger partial charge in [0.1, 0.15) is 12.4 Å². The Morgan fingerprint density at radius 1 is 0.944 bits per heavy atom. The number of hydrogen-bond acceptors (Lipinski definition) is 1. The number of imidazole rings is 1. The third kappa shape index (κ3) is 8.91. The number of unbranched alkanes of at least 4 members (excludes halogenated alkanes) is 7. The van der Waals surface area contributed by atoms with Crippen LogP contribution in [0.15, 0.2) is 18.7 Å². The fourth-order valence-electron chi connectivity index (χ4n) is 2.10. The molecular formula is C14H27IN2O. The molecule has 0 aliphatic rings. The van der Waals surface area contributed by atoms with Crippen molar-refractivity contribution in [3.8, 4) is 0 Å². The van der Waals surface area contributed by atoms with Gasteiger partial charge >= 0.3 is 0 Å². The van der Waals surface area contributed by atoms with E-state index in [1.165, 1.54) is 44.9 Å². The normalized spacial score (nSPS) is 10.3. The van der Waals surface area contributed by atoms with Gasteiger partial charge < -0.3 is 29.1 Å². The molecule has 0 radical (unpaired) electrons. The number of rotatable bonds is 10. The van der Waals surface area contributed by atoms with Crippen molar-refractivity contribution in [2.24, 2.45) is 7.05 Å². The number of aliphatic hydroxyl groups excluding tert-OH is 1. The number of aromatic nitrogens is 2. The number of aryl methyl sites for hydroxylation is 2. The Bertz CT molecular complexity index is 289. The molecule has 1 aromatic rings. The van der Waals surface area contributed by atoms with E-state index < -0.39 is 0 Å². The zero-order valence-electron chi connectivity index (χ0n) is 11.5. The molecule has 1 heterocycles. The Morgan fingerprint density at radius 2 is 1.50 bits per heavy atom. The molecule has 0 aliphatic heterocycles. The minimum Gasteiger partial charge on any atom is -1.00 e. The van der Waals surface area contributed by atoms with Crippen LogP contribution in [0.3, 0.4) is 0 Å². The topological polar surface area (TPSA) is 29.0 Å². The van der Waals surface area contributed by atoms with E-state index in [0.717, 1.165) is 13.0 Å². The summed E-state index contributed by atoms with van der Waals surface area (Å²) in [5, 5.41) is 8.64. The van der Waals surface area contributed by atoms with Gasteiger partial charge in [-0.15, -0.1) is 0 Å². The third-order valence-electron chi connectivity index (χ3n) is 3.15. The van der Waals surface area contributed by atoms with Crippen molar-refractivity contribution in [3.63, 3.8) is 0 Å². The van der Waals surface area contributed by atoms with E-state index in [-0.39, 0.29) is 24.0 Å². The summed E-state index contributed by atoms with van der Waals surface area (Å²) in [7, 11) is 2.06. The van der Waals surface area contributed by atoms with Crippen molar-refractivity contribution in [2.75, 3.05) is 6.61 Å². The predicted molar refractivity (Wildman–Crippen MR) is 69.6 cm³/mol. The quantitative estimate of drug-likeness (QED) is 0.336. The van der Waals surface area contributed by atoms with Gasteiger partial charge in [-0.3, -0.25) is 0 Å². The van der Waals surface area contributed by atoms with Gasteiger partial charge in [-0.25, -0.2) is 9.13 Å². The first kappa shape index (κ1) is 17.9. The third-order valence-corrected chi connectivity index (χ3v) is 3.15. The van der Waals surface area contributed by atoms with Crippen molar-refractivity contribution in [2.45, 2.75) is 57.9 Å². The molecule has 0 bridgehead atoms. The van der Waals surface area contributed by atoms with Crippen LogP contribution in [0.25, 0.3) is 0 Å². The maximum absolute atomic E-state index is 8.64. The summed E-state index contributed by atoms with van der Waals surface area (Å²) in [5.41, 5.74) is 0. The van der Waals surface area contributed by atoms with E-state index in [0.29, 0.717) is 6.61 Å². The molecule has 18 heavy (non-hydrogen) atoms. The molecule has 1 N–H and O–H groups in total. The Morgan fingerprint density at radius 3 is 2.00 bits per heavy atom. The molecule has 0 aliphatic carbocycles. The molecule has 0 saturated carbocycles. The van der Waals surface area contributed by atoms with E-state index in [1.54, 1.807) is 0 Å². The van der Waals surface area contributed by atoms with Crippen LogP contribution in [0, 0.1) is 0 Å². The second-order valence-corrected chi connectivity index (χ2v) is 4.87. The Hall–Kier alpha value is -0.100. The highest BCUT2D eigenvalue weighted by Gasteiger charge is 1.99. The zero-order valence-corrected chi connectivity index (χ0v) is 13.7.